The summed E-state index contributed by atoms with van der Waals surface area (Å²) in [6.45, 7) is 3.70. The van der Waals surface area contributed by atoms with Crippen molar-refractivity contribution in [1.29, 1.82) is 0 Å². The van der Waals surface area contributed by atoms with Gasteiger partial charge in [0.25, 0.3) is 5.56 Å². The molecule has 2 aromatic carbocycles. The van der Waals surface area contributed by atoms with Crippen LogP contribution in [0.4, 0.5) is 5.69 Å². The molecule has 1 aliphatic rings. The van der Waals surface area contributed by atoms with Crippen molar-refractivity contribution in [3.8, 4) is 0 Å². The van der Waals surface area contributed by atoms with Crippen LogP contribution < -0.4 is 20.2 Å². The molecule has 32 heavy (non-hydrogen) atoms. The number of esters is 1. The van der Waals surface area contributed by atoms with Crippen molar-refractivity contribution >= 4 is 52.4 Å². The number of hydrogen-bond acceptors (Lipinski definition) is 6. The molecule has 0 spiro atoms. The van der Waals surface area contributed by atoms with Crippen LogP contribution in [0.2, 0.25) is 10.0 Å². The molecule has 0 bridgehead atoms. The minimum absolute atomic E-state index is 0.217. The van der Waals surface area contributed by atoms with Crippen molar-refractivity contribution in [1.82, 2.24) is 4.57 Å². The first-order chi connectivity index (χ1) is 15.4. The Bertz CT molecular complexity index is 1390. The van der Waals surface area contributed by atoms with Crippen LogP contribution in [0.3, 0.4) is 0 Å². The quantitative estimate of drug-likeness (QED) is 0.549. The molecule has 6 nitrogen and oxygen atoms in total. The van der Waals surface area contributed by atoms with Gasteiger partial charge in [0, 0.05) is 11.2 Å². The predicted octanol–water partition coefficient (Wildman–Crippen LogP) is 4.13. The summed E-state index contributed by atoms with van der Waals surface area (Å²) in [6.07, 6.45) is 1.60. The lowest BCUT2D eigenvalue weighted by Crippen LogP contribution is -2.40. The van der Waals surface area contributed by atoms with Crippen LogP contribution in [0.25, 0.3) is 6.20 Å². The molecule has 1 aliphatic heterocycles. The molecule has 1 atom stereocenters. The van der Waals surface area contributed by atoms with Gasteiger partial charge in [0.15, 0.2) is 4.80 Å². The number of para-hydroxylation sites is 1. The third kappa shape index (κ3) is 4.24. The molecule has 0 saturated carbocycles. The summed E-state index contributed by atoms with van der Waals surface area (Å²) < 4.78 is 7.23. The predicted molar refractivity (Wildman–Crippen MR) is 128 cm³/mol. The van der Waals surface area contributed by atoms with Gasteiger partial charge in [0.2, 0.25) is 0 Å². The molecule has 0 saturated heterocycles. The second kappa shape index (κ2) is 9.32. The van der Waals surface area contributed by atoms with Gasteiger partial charge in [-0.15, -0.1) is 0 Å². The Balaban J connectivity index is 1.88. The molecule has 0 fully saturated rings. The van der Waals surface area contributed by atoms with Gasteiger partial charge in [-0.3, -0.25) is 9.36 Å². The molecular formula is C23H19Cl2N3O3S. The molecule has 3 aromatic rings. The van der Waals surface area contributed by atoms with Gasteiger partial charge in [-0.05, 0) is 43.7 Å². The van der Waals surface area contributed by atoms with Crippen LogP contribution in [0.5, 0.6) is 0 Å². The average molecular weight is 488 g/mol. The monoisotopic (exact) mass is 487 g/mol. The maximum atomic E-state index is 13.4. The number of rotatable bonds is 5. The van der Waals surface area contributed by atoms with E-state index < -0.39 is 12.0 Å². The van der Waals surface area contributed by atoms with Crippen LogP contribution in [0, 0.1) is 0 Å². The van der Waals surface area contributed by atoms with Crippen molar-refractivity contribution in [2.45, 2.75) is 19.9 Å². The van der Waals surface area contributed by atoms with E-state index in [0.29, 0.717) is 36.3 Å². The number of anilines is 1. The number of benzene rings is 2. The molecule has 164 valence electrons. The Morgan fingerprint density at radius 2 is 1.94 bits per heavy atom. The first-order valence-corrected chi connectivity index (χ1v) is 11.4. The molecular weight excluding hydrogens is 469 g/mol. The van der Waals surface area contributed by atoms with Crippen LogP contribution in [0.15, 0.2) is 69.6 Å². The van der Waals surface area contributed by atoms with Gasteiger partial charge in [0.05, 0.1) is 34.6 Å². The fourth-order valence-corrected chi connectivity index (χ4v) is 4.76. The third-order valence-electron chi connectivity index (χ3n) is 4.94. The lowest BCUT2D eigenvalue weighted by Gasteiger charge is -2.24. The minimum atomic E-state index is -0.676. The molecule has 0 unspecified atom stereocenters. The smallest absolute Gasteiger partial charge is 0.338 e. The van der Waals surface area contributed by atoms with Crippen molar-refractivity contribution in [2.75, 3.05) is 11.9 Å². The SMILES string of the molecule is CCOC(=O)C1=C(C)N=c2s/c(=C\Nc3ccccc3Cl)c(=O)n2[C@@H]1c1ccc(Cl)cc1. The maximum Gasteiger partial charge on any atom is 0.338 e. The van der Waals surface area contributed by atoms with Crippen LogP contribution >= 0.6 is 34.5 Å². The minimum Gasteiger partial charge on any atom is -0.463 e. The van der Waals surface area contributed by atoms with E-state index in [1.807, 2.05) is 18.2 Å². The average Bonchev–Trinajstić information content (AvgIpc) is 3.08. The number of halogens is 2. The topological polar surface area (TPSA) is 72.7 Å². The summed E-state index contributed by atoms with van der Waals surface area (Å²) in [5.74, 6) is -0.503. The van der Waals surface area contributed by atoms with E-state index in [2.05, 4.69) is 10.3 Å². The van der Waals surface area contributed by atoms with Crippen LogP contribution in [-0.2, 0) is 9.53 Å². The van der Waals surface area contributed by atoms with Crippen molar-refractivity contribution in [3.05, 3.63) is 95.1 Å². The van der Waals surface area contributed by atoms with E-state index >= 15 is 0 Å². The second-order valence-corrected chi connectivity index (χ2v) is 8.83. The number of carbonyl (C=O) groups is 1. The zero-order valence-corrected chi connectivity index (χ0v) is 19.6. The number of nitrogens with one attached hydrogen (secondary N) is 1. The number of aromatic nitrogens is 1. The van der Waals surface area contributed by atoms with Crippen molar-refractivity contribution in [2.24, 2.45) is 4.99 Å². The summed E-state index contributed by atoms with van der Waals surface area (Å²) in [5.41, 5.74) is 1.97. The third-order valence-corrected chi connectivity index (χ3v) is 6.50. The highest BCUT2D eigenvalue weighted by molar-refractivity contribution is 7.07. The fourth-order valence-electron chi connectivity index (χ4n) is 3.47. The summed E-state index contributed by atoms with van der Waals surface area (Å²) in [6, 6.07) is 13.6. The summed E-state index contributed by atoms with van der Waals surface area (Å²) >= 11 is 13.5. The van der Waals surface area contributed by atoms with Gasteiger partial charge in [0.1, 0.15) is 4.53 Å². The van der Waals surface area contributed by atoms with Gasteiger partial charge < -0.3 is 10.1 Å². The second-order valence-electron chi connectivity index (χ2n) is 6.98. The number of allylic oxidation sites excluding steroid dienone is 1. The molecule has 1 aromatic heterocycles. The van der Waals surface area contributed by atoms with E-state index in [1.165, 1.54) is 15.9 Å². The Kier molecular flexibility index (Phi) is 6.50. The highest BCUT2D eigenvalue weighted by atomic mass is 35.5. The van der Waals surface area contributed by atoms with Gasteiger partial charge in [-0.2, -0.15) is 0 Å². The summed E-state index contributed by atoms with van der Waals surface area (Å²) in [4.78, 5) is 31.3. The summed E-state index contributed by atoms with van der Waals surface area (Å²) in [5, 5.41) is 4.18. The number of carbonyl (C=O) groups excluding carboxylic acids is 1. The Labute approximate surface area is 198 Å². The first kappa shape index (κ1) is 22.3. The van der Waals surface area contributed by atoms with Gasteiger partial charge in [-0.1, -0.05) is 58.8 Å². The Morgan fingerprint density at radius 3 is 2.62 bits per heavy atom. The van der Waals surface area contributed by atoms with Gasteiger partial charge in [-0.25, -0.2) is 9.79 Å². The molecule has 9 heteroatoms. The van der Waals surface area contributed by atoms with Crippen LogP contribution in [0.1, 0.15) is 25.5 Å². The highest BCUT2D eigenvalue weighted by Gasteiger charge is 2.33. The molecule has 0 radical (unpaired) electrons. The maximum absolute atomic E-state index is 13.4. The number of hydrogen-bond donors (Lipinski definition) is 1. The van der Waals surface area contributed by atoms with E-state index in [0.717, 1.165) is 5.56 Å². The van der Waals surface area contributed by atoms with E-state index in [-0.39, 0.29) is 12.2 Å². The van der Waals surface area contributed by atoms with Crippen molar-refractivity contribution < 1.29 is 9.53 Å². The number of nitrogens with zero attached hydrogens (tertiary/aromatic N) is 2. The van der Waals surface area contributed by atoms with Gasteiger partial charge >= 0.3 is 5.97 Å². The highest BCUT2D eigenvalue weighted by Crippen LogP contribution is 2.31. The Hall–Kier alpha value is -2.87. The molecule has 2 heterocycles. The molecule has 1 N–H and O–H groups in total. The van der Waals surface area contributed by atoms with E-state index in [4.69, 9.17) is 27.9 Å². The molecule has 0 aliphatic carbocycles. The molecule has 4 rings (SSSR count). The fraction of sp³-hybridized carbons (Fsp3) is 0.174. The first-order valence-electron chi connectivity index (χ1n) is 9.85. The zero-order valence-electron chi connectivity index (χ0n) is 17.3. The lowest BCUT2D eigenvalue weighted by molar-refractivity contribution is -0.139. The number of fused-ring (bicyclic) bond motifs is 1. The molecule has 0 amide bonds. The van der Waals surface area contributed by atoms with E-state index in [9.17, 15) is 9.59 Å². The van der Waals surface area contributed by atoms with E-state index in [1.54, 1.807) is 50.4 Å². The van der Waals surface area contributed by atoms with Crippen LogP contribution in [-0.4, -0.2) is 17.1 Å². The summed E-state index contributed by atoms with van der Waals surface area (Å²) in [7, 11) is 0. The number of ether oxygens (including phenoxy) is 1. The zero-order chi connectivity index (χ0) is 22.8. The number of thiazole rings is 1. The largest absolute Gasteiger partial charge is 0.463 e. The van der Waals surface area contributed by atoms with Crippen molar-refractivity contribution in [3.63, 3.8) is 0 Å². The standard InChI is InChI=1S/C23H19Cl2N3O3S/c1-3-31-22(30)19-13(2)27-23-28(20(19)14-8-10-15(24)11-9-14)21(29)18(32-23)12-26-17-7-5-4-6-16(17)25/h4-12,20,26H,3H2,1-2H3/b18-12-/t20-/m1/s1. The lowest BCUT2D eigenvalue weighted by atomic mass is 9.96. The normalized spacial score (nSPS) is 15.9. The Morgan fingerprint density at radius 1 is 1.22 bits per heavy atom.